The van der Waals surface area contributed by atoms with E-state index in [1.807, 2.05) is 11.4 Å². The topological polar surface area (TPSA) is 91.2 Å². The molecule has 0 bridgehead atoms. The smallest absolute Gasteiger partial charge is 0.422 e. The summed E-state index contributed by atoms with van der Waals surface area (Å²) < 4.78 is 38.9. The molecule has 2 N–H and O–H groups in total. The monoisotopic (exact) mass is 281 g/mol. The first-order chi connectivity index (χ1) is 8.78. The van der Waals surface area contributed by atoms with E-state index in [0.717, 1.165) is 0 Å². The fraction of sp³-hybridized carbons (Fsp3) is 0.700. The molecule has 1 unspecified atom stereocenters. The van der Waals surface area contributed by atoms with Gasteiger partial charge < -0.3 is 15.4 Å². The van der Waals surface area contributed by atoms with Gasteiger partial charge in [0.25, 0.3) is 0 Å². The molecule has 108 valence electrons. The Morgan fingerprint density at radius 1 is 1.42 bits per heavy atom. The van der Waals surface area contributed by atoms with E-state index >= 15 is 0 Å². The van der Waals surface area contributed by atoms with E-state index in [1.165, 1.54) is 0 Å². The van der Waals surface area contributed by atoms with Crippen molar-refractivity contribution in [2.75, 3.05) is 13.2 Å². The normalized spacial score (nSPS) is 12.2. The molecule has 1 atom stereocenters. The summed E-state index contributed by atoms with van der Waals surface area (Å²) >= 11 is 0. The lowest BCUT2D eigenvalue weighted by Gasteiger charge is -2.10. The van der Waals surface area contributed by atoms with Crippen molar-refractivity contribution in [3.05, 3.63) is 0 Å². The van der Waals surface area contributed by atoms with Gasteiger partial charge in [0.15, 0.2) is 6.61 Å². The van der Waals surface area contributed by atoms with E-state index in [1.54, 1.807) is 6.92 Å². The van der Waals surface area contributed by atoms with Crippen LogP contribution in [0.2, 0.25) is 0 Å². The fourth-order valence-electron chi connectivity index (χ4n) is 0.969. The van der Waals surface area contributed by atoms with Gasteiger partial charge in [-0.05, 0) is 6.42 Å². The lowest BCUT2D eigenvalue weighted by molar-refractivity contribution is -0.160. The molecule has 6 nitrogen and oxygen atoms in total. The predicted octanol–water partition coefficient (Wildman–Crippen LogP) is 1.08. The molecule has 0 aromatic carbocycles. The zero-order chi connectivity index (χ0) is 14.9. The fourth-order valence-corrected chi connectivity index (χ4v) is 0.969. The number of hydrogen-bond acceptors (Lipinski definition) is 4. The number of rotatable bonds is 6. The van der Waals surface area contributed by atoms with E-state index in [0.29, 0.717) is 6.42 Å². The van der Waals surface area contributed by atoms with Gasteiger partial charge in [-0.25, -0.2) is 4.79 Å². The molecule has 0 saturated carbocycles. The summed E-state index contributed by atoms with van der Waals surface area (Å²) in [4.78, 5) is 22.0. The van der Waals surface area contributed by atoms with Crippen LogP contribution in [0.4, 0.5) is 18.0 Å². The minimum Gasteiger partial charge on any atom is -0.440 e. The number of alkyl carbamates (subject to hydrolysis) is 1. The SMILES string of the molecule is CCC(C#N)NC(=O)CCNC(=O)OCC(F)(F)F. The van der Waals surface area contributed by atoms with Crippen molar-refractivity contribution in [1.29, 1.82) is 5.26 Å². The molecule has 0 aromatic heterocycles. The summed E-state index contributed by atoms with van der Waals surface area (Å²) in [6.45, 7) is -0.150. The molecular weight excluding hydrogens is 267 g/mol. The molecule has 0 heterocycles. The van der Waals surface area contributed by atoms with Crippen LogP contribution in [0.15, 0.2) is 0 Å². The molecule has 0 aliphatic carbocycles. The highest BCUT2D eigenvalue weighted by molar-refractivity contribution is 5.77. The van der Waals surface area contributed by atoms with Crippen LogP contribution in [0.3, 0.4) is 0 Å². The molecule has 0 rings (SSSR count). The molecule has 9 heteroatoms. The zero-order valence-corrected chi connectivity index (χ0v) is 10.2. The van der Waals surface area contributed by atoms with Gasteiger partial charge in [-0.3, -0.25) is 4.79 Å². The number of nitriles is 1. The van der Waals surface area contributed by atoms with Crippen LogP contribution < -0.4 is 10.6 Å². The highest BCUT2D eigenvalue weighted by Gasteiger charge is 2.29. The summed E-state index contributed by atoms with van der Waals surface area (Å²) in [7, 11) is 0. The molecule has 0 spiro atoms. The third-order valence-corrected chi connectivity index (χ3v) is 1.89. The molecule has 2 amide bonds. The first kappa shape index (κ1) is 17.0. The maximum Gasteiger partial charge on any atom is 0.422 e. The molecular formula is C10H14F3N3O3. The Bertz CT molecular complexity index is 352. The van der Waals surface area contributed by atoms with Crippen LogP contribution >= 0.6 is 0 Å². The van der Waals surface area contributed by atoms with Crippen molar-refractivity contribution in [1.82, 2.24) is 10.6 Å². The maximum absolute atomic E-state index is 11.7. The molecule has 0 saturated heterocycles. The first-order valence-electron chi connectivity index (χ1n) is 5.44. The number of hydrogen-bond donors (Lipinski definition) is 2. The number of halogens is 3. The summed E-state index contributed by atoms with van der Waals surface area (Å²) in [5, 5.41) is 12.9. The Labute approximate surface area is 107 Å². The number of nitrogens with zero attached hydrogens (tertiary/aromatic N) is 1. The number of carbonyl (C=O) groups excluding carboxylic acids is 2. The summed E-state index contributed by atoms with van der Waals surface area (Å²) in [5.41, 5.74) is 0. The summed E-state index contributed by atoms with van der Waals surface area (Å²) in [5.74, 6) is -0.482. The number of ether oxygens (including phenoxy) is 1. The van der Waals surface area contributed by atoms with Gasteiger partial charge in [-0.1, -0.05) is 6.92 Å². The number of nitrogens with one attached hydrogen (secondary N) is 2. The van der Waals surface area contributed by atoms with Gasteiger partial charge in [0, 0.05) is 13.0 Å². The van der Waals surface area contributed by atoms with E-state index < -0.39 is 30.8 Å². The van der Waals surface area contributed by atoms with E-state index in [2.05, 4.69) is 10.1 Å². The van der Waals surface area contributed by atoms with Crippen LogP contribution in [-0.2, 0) is 9.53 Å². The third kappa shape index (κ3) is 9.70. The molecule has 0 fully saturated rings. The quantitative estimate of drug-likeness (QED) is 0.762. The Morgan fingerprint density at radius 2 is 2.05 bits per heavy atom. The van der Waals surface area contributed by atoms with Crippen molar-refractivity contribution < 1.29 is 27.5 Å². The van der Waals surface area contributed by atoms with Crippen molar-refractivity contribution in [3.63, 3.8) is 0 Å². The zero-order valence-electron chi connectivity index (χ0n) is 10.2. The third-order valence-electron chi connectivity index (χ3n) is 1.89. The first-order valence-corrected chi connectivity index (χ1v) is 5.44. The Balaban J connectivity index is 3.76. The Morgan fingerprint density at radius 3 is 2.53 bits per heavy atom. The van der Waals surface area contributed by atoms with Crippen LogP contribution in [-0.4, -0.2) is 37.4 Å². The maximum atomic E-state index is 11.7. The summed E-state index contributed by atoms with van der Waals surface area (Å²) in [6, 6.07) is 1.23. The van der Waals surface area contributed by atoms with Gasteiger partial charge in [-0.15, -0.1) is 0 Å². The van der Waals surface area contributed by atoms with E-state index in [4.69, 9.17) is 5.26 Å². The molecule has 19 heavy (non-hydrogen) atoms. The Kier molecular flexibility index (Phi) is 7.33. The second kappa shape index (κ2) is 8.18. The van der Waals surface area contributed by atoms with Crippen LogP contribution in [0.5, 0.6) is 0 Å². The van der Waals surface area contributed by atoms with Gasteiger partial charge in [0.1, 0.15) is 6.04 Å². The Hall–Kier alpha value is -1.98. The van der Waals surface area contributed by atoms with Crippen LogP contribution in [0.25, 0.3) is 0 Å². The number of alkyl halides is 3. The van der Waals surface area contributed by atoms with E-state index in [-0.39, 0.29) is 13.0 Å². The van der Waals surface area contributed by atoms with Crippen molar-refractivity contribution in [2.45, 2.75) is 32.0 Å². The molecule has 0 aromatic rings. The van der Waals surface area contributed by atoms with Gasteiger partial charge in [0.2, 0.25) is 5.91 Å². The number of amides is 2. The van der Waals surface area contributed by atoms with Crippen LogP contribution in [0, 0.1) is 11.3 Å². The minimum absolute atomic E-state index is 0.153. The second-order valence-corrected chi connectivity index (χ2v) is 3.53. The molecule has 0 aliphatic heterocycles. The van der Waals surface area contributed by atoms with Gasteiger partial charge in [0.05, 0.1) is 6.07 Å². The lowest BCUT2D eigenvalue weighted by atomic mass is 10.2. The van der Waals surface area contributed by atoms with Crippen molar-refractivity contribution in [2.24, 2.45) is 0 Å². The van der Waals surface area contributed by atoms with Gasteiger partial charge in [-0.2, -0.15) is 18.4 Å². The lowest BCUT2D eigenvalue weighted by Crippen LogP contribution is -2.36. The highest BCUT2D eigenvalue weighted by atomic mass is 19.4. The average Bonchev–Trinajstić information content (AvgIpc) is 2.32. The number of carbonyl (C=O) groups is 2. The van der Waals surface area contributed by atoms with Gasteiger partial charge >= 0.3 is 12.3 Å². The largest absolute Gasteiger partial charge is 0.440 e. The van der Waals surface area contributed by atoms with Crippen molar-refractivity contribution in [3.8, 4) is 6.07 Å². The molecule has 0 radical (unpaired) electrons. The molecule has 0 aliphatic rings. The second-order valence-electron chi connectivity index (χ2n) is 3.53. The van der Waals surface area contributed by atoms with Crippen molar-refractivity contribution >= 4 is 12.0 Å². The minimum atomic E-state index is -4.59. The summed E-state index contributed by atoms with van der Waals surface area (Å²) in [6.07, 6.45) is -5.56. The van der Waals surface area contributed by atoms with Crippen LogP contribution in [0.1, 0.15) is 19.8 Å². The van der Waals surface area contributed by atoms with E-state index in [9.17, 15) is 22.8 Å². The highest BCUT2D eigenvalue weighted by Crippen LogP contribution is 2.14. The predicted molar refractivity (Wildman–Crippen MR) is 57.9 cm³/mol. The standard InChI is InChI=1S/C10H14F3N3O3/c1-2-7(5-14)16-8(17)3-4-15-9(18)19-6-10(11,12)13/h7H,2-4,6H2,1H3,(H,15,18)(H,16,17). The average molecular weight is 281 g/mol.